The fourth-order valence-corrected chi connectivity index (χ4v) is 3.94. The van der Waals surface area contributed by atoms with Crippen molar-refractivity contribution in [3.8, 4) is 5.75 Å². The highest BCUT2D eigenvalue weighted by Gasteiger charge is 2.24. The van der Waals surface area contributed by atoms with Crippen molar-refractivity contribution in [2.45, 2.75) is 66.3 Å². The van der Waals surface area contributed by atoms with Crippen molar-refractivity contribution in [2.24, 2.45) is 0 Å². The molecule has 1 heterocycles. The second kappa shape index (κ2) is 9.79. The van der Waals surface area contributed by atoms with Crippen molar-refractivity contribution in [1.82, 2.24) is 4.57 Å². The Morgan fingerprint density at radius 1 is 0.967 bits per heavy atom. The number of hydrogen-bond donors (Lipinski definition) is 0. The molecule has 0 amide bonds. The van der Waals surface area contributed by atoms with Gasteiger partial charge in [0.1, 0.15) is 5.75 Å². The Balaban J connectivity index is 2.27. The number of benzene rings is 2. The van der Waals surface area contributed by atoms with Crippen molar-refractivity contribution < 1.29 is 19.1 Å². The second-order valence-corrected chi connectivity index (χ2v) is 7.58. The minimum Gasteiger partial charge on any atom is -0.462 e. The molecule has 5 heteroatoms. The minimum atomic E-state index is -0.339. The first-order valence-electron chi connectivity index (χ1n) is 11.0. The van der Waals surface area contributed by atoms with Crippen molar-refractivity contribution >= 4 is 33.6 Å². The Morgan fingerprint density at radius 3 is 2.33 bits per heavy atom. The molecule has 0 atom stereocenters. The molecule has 2 aromatic carbocycles. The third kappa shape index (κ3) is 4.20. The highest BCUT2D eigenvalue weighted by molar-refractivity contribution is 6.16. The van der Waals surface area contributed by atoms with Gasteiger partial charge in [-0.1, -0.05) is 51.0 Å². The summed E-state index contributed by atoms with van der Waals surface area (Å²) in [6, 6.07) is 9.74. The van der Waals surface area contributed by atoms with Gasteiger partial charge in [-0.3, -0.25) is 4.79 Å². The maximum Gasteiger partial charge on any atom is 0.340 e. The van der Waals surface area contributed by atoms with Crippen LogP contribution in [0.5, 0.6) is 5.75 Å². The Kier molecular flexibility index (Phi) is 7.14. The molecule has 1 aromatic heterocycles. The lowest BCUT2D eigenvalue weighted by molar-refractivity contribution is -0.134. The molecular weight excluding hydrogens is 378 g/mol. The molecule has 0 aliphatic heterocycles. The summed E-state index contributed by atoms with van der Waals surface area (Å²) in [6.45, 7) is 9.09. The molecular formula is C25H31NO4. The first-order chi connectivity index (χ1) is 14.5. The quantitative estimate of drug-likeness (QED) is 0.313. The molecule has 0 fully saturated rings. The molecule has 0 aliphatic rings. The van der Waals surface area contributed by atoms with Gasteiger partial charge >= 0.3 is 11.9 Å². The predicted molar refractivity (Wildman–Crippen MR) is 120 cm³/mol. The van der Waals surface area contributed by atoms with Gasteiger partial charge in [-0.05, 0) is 32.8 Å². The van der Waals surface area contributed by atoms with E-state index in [1.165, 1.54) is 0 Å². The number of carbonyl (C=O) groups is 2. The first kappa shape index (κ1) is 21.9. The number of nitrogens with zero attached hydrogens (tertiary/aromatic N) is 1. The van der Waals surface area contributed by atoms with Crippen LogP contribution in [0, 0.1) is 6.92 Å². The Hall–Kier alpha value is -2.82. The number of rotatable bonds is 9. The molecule has 0 saturated heterocycles. The number of unbranched alkanes of at least 4 members (excludes halogenated alkanes) is 2. The Morgan fingerprint density at radius 2 is 1.67 bits per heavy atom. The third-order valence-corrected chi connectivity index (χ3v) is 5.46. The van der Waals surface area contributed by atoms with Crippen LogP contribution < -0.4 is 4.74 Å². The van der Waals surface area contributed by atoms with Gasteiger partial charge in [-0.2, -0.15) is 0 Å². The summed E-state index contributed by atoms with van der Waals surface area (Å²) >= 11 is 0. The average Bonchev–Trinajstić information content (AvgIpc) is 3.02. The highest BCUT2D eigenvalue weighted by atomic mass is 16.5. The zero-order chi connectivity index (χ0) is 21.7. The van der Waals surface area contributed by atoms with E-state index in [1.54, 1.807) is 6.92 Å². The van der Waals surface area contributed by atoms with E-state index < -0.39 is 0 Å². The molecule has 30 heavy (non-hydrogen) atoms. The summed E-state index contributed by atoms with van der Waals surface area (Å²) in [5.41, 5.74) is 2.43. The van der Waals surface area contributed by atoms with Crippen LogP contribution in [-0.4, -0.2) is 23.1 Å². The lowest BCUT2D eigenvalue weighted by Crippen LogP contribution is -2.08. The van der Waals surface area contributed by atoms with E-state index in [4.69, 9.17) is 9.47 Å². The van der Waals surface area contributed by atoms with Crippen LogP contribution in [0.2, 0.25) is 0 Å². The maximum atomic E-state index is 12.8. The molecule has 0 unspecified atom stereocenters. The summed E-state index contributed by atoms with van der Waals surface area (Å²) in [7, 11) is 0. The van der Waals surface area contributed by atoms with E-state index in [9.17, 15) is 9.59 Å². The number of aryl methyl sites for hydroxylation is 1. The number of ether oxygens (including phenoxy) is 2. The number of carbonyl (C=O) groups excluding carboxylic acids is 2. The molecule has 3 rings (SSSR count). The standard InChI is InChI=1S/C25H31NO4/c1-5-8-14-22(27)30-21-16-20-23(25(28)29-7-3)17(4)26(15-9-6-2)24(20)19-13-11-10-12-18(19)21/h10-13,16H,5-9,14-15H2,1-4H3. The van der Waals surface area contributed by atoms with Crippen LogP contribution in [0.4, 0.5) is 0 Å². The van der Waals surface area contributed by atoms with Gasteiger partial charge in [0.05, 0.1) is 17.7 Å². The summed E-state index contributed by atoms with van der Waals surface area (Å²) in [6.07, 6.45) is 4.17. The summed E-state index contributed by atoms with van der Waals surface area (Å²) in [5, 5.41) is 2.63. The summed E-state index contributed by atoms with van der Waals surface area (Å²) in [5.74, 6) is -0.0904. The number of hydrogen-bond acceptors (Lipinski definition) is 4. The normalized spacial score (nSPS) is 11.2. The van der Waals surface area contributed by atoms with Crippen molar-refractivity contribution in [3.05, 3.63) is 41.6 Å². The molecule has 0 radical (unpaired) electrons. The number of fused-ring (bicyclic) bond motifs is 3. The van der Waals surface area contributed by atoms with E-state index in [-0.39, 0.29) is 11.9 Å². The number of esters is 2. The fraction of sp³-hybridized carbons (Fsp3) is 0.440. The third-order valence-electron chi connectivity index (χ3n) is 5.46. The molecule has 0 spiro atoms. The van der Waals surface area contributed by atoms with Gasteiger partial charge in [-0.15, -0.1) is 0 Å². The molecule has 0 N–H and O–H groups in total. The molecule has 3 aromatic rings. The Labute approximate surface area is 178 Å². The molecule has 0 bridgehead atoms. The van der Waals surface area contributed by atoms with E-state index in [0.29, 0.717) is 24.3 Å². The lowest BCUT2D eigenvalue weighted by atomic mass is 10.0. The van der Waals surface area contributed by atoms with E-state index in [1.807, 2.05) is 44.2 Å². The predicted octanol–water partition coefficient (Wildman–Crippen LogP) is 6.18. The van der Waals surface area contributed by atoms with Gasteiger partial charge in [0.15, 0.2) is 0 Å². The van der Waals surface area contributed by atoms with Gasteiger partial charge in [0.2, 0.25) is 0 Å². The minimum absolute atomic E-state index is 0.249. The second-order valence-electron chi connectivity index (χ2n) is 7.58. The van der Waals surface area contributed by atoms with Gasteiger partial charge in [0, 0.05) is 34.8 Å². The fourth-order valence-electron chi connectivity index (χ4n) is 3.94. The van der Waals surface area contributed by atoms with E-state index in [2.05, 4.69) is 11.5 Å². The maximum absolute atomic E-state index is 12.8. The van der Waals surface area contributed by atoms with Crippen LogP contribution in [0.25, 0.3) is 21.7 Å². The monoisotopic (exact) mass is 409 g/mol. The lowest BCUT2D eigenvalue weighted by Gasteiger charge is -2.12. The van der Waals surface area contributed by atoms with Crippen LogP contribution in [-0.2, 0) is 16.1 Å². The van der Waals surface area contributed by atoms with Crippen LogP contribution in [0.15, 0.2) is 30.3 Å². The van der Waals surface area contributed by atoms with E-state index >= 15 is 0 Å². The molecule has 0 saturated carbocycles. The van der Waals surface area contributed by atoms with Gasteiger partial charge in [-0.25, -0.2) is 4.79 Å². The largest absolute Gasteiger partial charge is 0.462 e. The van der Waals surface area contributed by atoms with E-state index in [0.717, 1.165) is 59.6 Å². The smallest absolute Gasteiger partial charge is 0.340 e. The Bertz CT molecular complexity index is 1060. The summed E-state index contributed by atoms with van der Waals surface area (Å²) in [4.78, 5) is 25.2. The molecule has 5 nitrogen and oxygen atoms in total. The topological polar surface area (TPSA) is 57.5 Å². The van der Waals surface area contributed by atoms with Crippen LogP contribution >= 0.6 is 0 Å². The molecule has 0 aliphatic carbocycles. The van der Waals surface area contributed by atoms with Crippen LogP contribution in [0.1, 0.15) is 68.9 Å². The van der Waals surface area contributed by atoms with Gasteiger partial charge < -0.3 is 14.0 Å². The highest BCUT2D eigenvalue weighted by Crippen LogP contribution is 2.38. The molecule has 160 valence electrons. The first-order valence-corrected chi connectivity index (χ1v) is 11.0. The van der Waals surface area contributed by atoms with Crippen molar-refractivity contribution in [2.75, 3.05) is 6.61 Å². The zero-order valence-electron chi connectivity index (χ0n) is 18.4. The zero-order valence-corrected chi connectivity index (χ0v) is 18.4. The van der Waals surface area contributed by atoms with Crippen LogP contribution in [0.3, 0.4) is 0 Å². The van der Waals surface area contributed by atoms with Crippen molar-refractivity contribution in [3.63, 3.8) is 0 Å². The number of aromatic nitrogens is 1. The average molecular weight is 410 g/mol. The van der Waals surface area contributed by atoms with Crippen molar-refractivity contribution in [1.29, 1.82) is 0 Å². The van der Waals surface area contributed by atoms with Gasteiger partial charge in [0.25, 0.3) is 0 Å². The summed E-state index contributed by atoms with van der Waals surface area (Å²) < 4.78 is 13.3. The SMILES string of the molecule is CCCCC(=O)Oc1cc2c(C(=O)OCC)c(C)n(CCCC)c2c2ccccc12.